The Morgan fingerprint density at radius 2 is 2.15 bits per heavy atom. The Morgan fingerprint density at radius 1 is 1.40 bits per heavy atom. The van der Waals surface area contributed by atoms with Crippen LogP contribution in [0.25, 0.3) is 11.4 Å². The van der Waals surface area contributed by atoms with E-state index in [2.05, 4.69) is 15.3 Å². The second kappa shape index (κ2) is 5.64. The average molecular weight is 274 g/mol. The second-order valence-corrected chi connectivity index (χ2v) is 4.63. The van der Waals surface area contributed by atoms with Gasteiger partial charge in [0.2, 0.25) is 0 Å². The number of nitrogen functional groups attached to an aromatic ring is 1. The third-order valence-electron chi connectivity index (χ3n) is 2.57. The normalized spacial score (nSPS) is 10.6. The molecule has 20 heavy (non-hydrogen) atoms. The van der Waals surface area contributed by atoms with Crippen molar-refractivity contribution in [1.29, 1.82) is 0 Å². The molecule has 0 saturated carbocycles. The SMILES string of the molecule is CC(C)NC(=O)c1cnc(-c2cccc(F)c2)nc1N. The lowest BCUT2D eigenvalue weighted by Gasteiger charge is -2.10. The zero-order chi connectivity index (χ0) is 14.7. The van der Waals surface area contributed by atoms with E-state index >= 15 is 0 Å². The van der Waals surface area contributed by atoms with Crippen LogP contribution in [0.2, 0.25) is 0 Å². The molecule has 0 radical (unpaired) electrons. The van der Waals surface area contributed by atoms with Crippen LogP contribution in [-0.2, 0) is 0 Å². The first-order chi connectivity index (χ1) is 9.47. The number of nitrogens with one attached hydrogen (secondary N) is 1. The molecular weight excluding hydrogens is 259 g/mol. The van der Waals surface area contributed by atoms with E-state index in [1.807, 2.05) is 13.8 Å². The standard InChI is InChI=1S/C14H15FN4O/c1-8(2)18-14(20)11-7-17-13(19-12(11)16)9-4-3-5-10(15)6-9/h3-8H,1-2H3,(H,18,20)(H2,16,17,19). The van der Waals surface area contributed by atoms with Crippen LogP contribution in [0.4, 0.5) is 10.2 Å². The summed E-state index contributed by atoms with van der Waals surface area (Å²) < 4.78 is 13.2. The number of nitrogens with two attached hydrogens (primary N) is 1. The average Bonchev–Trinajstić information content (AvgIpc) is 2.37. The first-order valence-corrected chi connectivity index (χ1v) is 6.16. The lowest BCUT2D eigenvalue weighted by molar-refractivity contribution is 0.0943. The second-order valence-electron chi connectivity index (χ2n) is 4.63. The maximum absolute atomic E-state index is 13.2. The fraction of sp³-hybridized carbons (Fsp3) is 0.214. The van der Waals surface area contributed by atoms with E-state index in [1.54, 1.807) is 12.1 Å². The molecule has 0 bridgehead atoms. The molecule has 0 fully saturated rings. The first-order valence-electron chi connectivity index (χ1n) is 6.16. The minimum atomic E-state index is -0.383. The molecule has 1 amide bonds. The summed E-state index contributed by atoms with van der Waals surface area (Å²) in [7, 11) is 0. The van der Waals surface area contributed by atoms with Crippen LogP contribution >= 0.6 is 0 Å². The monoisotopic (exact) mass is 274 g/mol. The quantitative estimate of drug-likeness (QED) is 0.897. The van der Waals surface area contributed by atoms with Gasteiger partial charge in [0.05, 0.1) is 5.56 Å². The number of rotatable bonds is 3. The van der Waals surface area contributed by atoms with E-state index in [9.17, 15) is 9.18 Å². The molecule has 0 unspecified atom stereocenters. The van der Waals surface area contributed by atoms with Crippen LogP contribution in [0.15, 0.2) is 30.5 Å². The van der Waals surface area contributed by atoms with E-state index in [1.165, 1.54) is 18.3 Å². The summed E-state index contributed by atoms with van der Waals surface area (Å²) in [5.41, 5.74) is 6.48. The molecule has 0 atom stereocenters. The molecule has 1 aromatic carbocycles. The highest BCUT2D eigenvalue weighted by Crippen LogP contribution is 2.18. The first kappa shape index (κ1) is 13.9. The summed E-state index contributed by atoms with van der Waals surface area (Å²) in [6.45, 7) is 3.69. The molecule has 1 aromatic heterocycles. The van der Waals surface area contributed by atoms with Gasteiger partial charge < -0.3 is 11.1 Å². The molecule has 2 aromatic rings. The highest BCUT2D eigenvalue weighted by molar-refractivity contribution is 5.98. The van der Waals surface area contributed by atoms with Crippen LogP contribution in [0, 0.1) is 5.82 Å². The van der Waals surface area contributed by atoms with Gasteiger partial charge in [-0.2, -0.15) is 0 Å². The minimum absolute atomic E-state index is 0.00945. The van der Waals surface area contributed by atoms with Crippen molar-refractivity contribution in [3.63, 3.8) is 0 Å². The van der Waals surface area contributed by atoms with Crippen molar-refractivity contribution in [2.45, 2.75) is 19.9 Å². The van der Waals surface area contributed by atoms with Crippen LogP contribution in [0.1, 0.15) is 24.2 Å². The van der Waals surface area contributed by atoms with Crippen molar-refractivity contribution in [2.24, 2.45) is 0 Å². The van der Waals surface area contributed by atoms with Gasteiger partial charge in [0.15, 0.2) is 5.82 Å². The van der Waals surface area contributed by atoms with E-state index in [0.29, 0.717) is 5.56 Å². The molecule has 0 aliphatic carbocycles. The van der Waals surface area contributed by atoms with Crippen LogP contribution in [-0.4, -0.2) is 21.9 Å². The van der Waals surface area contributed by atoms with Crippen LogP contribution < -0.4 is 11.1 Å². The number of carbonyl (C=O) groups excluding carboxylic acids is 1. The number of carbonyl (C=O) groups is 1. The van der Waals surface area contributed by atoms with E-state index in [0.717, 1.165) is 0 Å². The molecule has 2 rings (SSSR count). The summed E-state index contributed by atoms with van der Waals surface area (Å²) in [6.07, 6.45) is 1.35. The van der Waals surface area contributed by atoms with Crippen LogP contribution in [0.3, 0.4) is 0 Å². The number of benzene rings is 1. The maximum Gasteiger partial charge on any atom is 0.256 e. The maximum atomic E-state index is 13.2. The number of hydrogen-bond donors (Lipinski definition) is 2. The van der Waals surface area contributed by atoms with Crippen molar-refractivity contribution in [1.82, 2.24) is 15.3 Å². The predicted molar refractivity (Wildman–Crippen MR) is 74.4 cm³/mol. The Balaban J connectivity index is 2.33. The Hall–Kier alpha value is -2.50. The highest BCUT2D eigenvalue weighted by Gasteiger charge is 2.14. The Labute approximate surface area is 116 Å². The number of aromatic nitrogens is 2. The number of amides is 1. The van der Waals surface area contributed by atoms with E-state index in [4.69, 9.17) is 5.73 Å². The number of nitrogens with zero attached hydrogens (tertiary/aromatic N) is 2. The van der Waals surface area contributed by atoms with Gasteiger partial charge in [0.25, 0.3) is 5.91 Å². The van der Waals surface area contributed by atoms with Crippen LogP contribution in [0.5, 0.6) is 0 Å². The lowest BCUT2D eigenvalue weighted by Crippen LogP contribution is -2.31. The third kappa shape index (κ3) is 3.09. The zero-order valence-electron chi connectivity index (χ0n) is 11.2. The molecule has 6 heteroatoms. The van der Waals surface area contributed by atoms with E-state index in [-0.39, 0.29) is 35.0 Å². The summed E-state index contributed by atoms with van der Waals surface area (Å²) in [5.74, 6) is -0.366. The van der Waals surface area contributed by atoms with Crippen molar-refractivity contribution < 1.29 is 9.18 Å². The Morgan fingerprint density at radius 3 is 2.75 bits per heavy atom. The van der Waals surface area contributed by atoms with Crippen molar-refractivity contribution in [3.8, 4) is 11.4 Å². The molecule has 104 valence electrons. The minimum Gasteiger partial charge on any atom is -0.383 e. The lowest BCUT2D eigenvalue weighted by atomic mass is 10.2. The van der Waals surface area contributed by atoms with Gasteiger partial charge in [-0.25, -0.2) is 14.4 Å². The topological polar surface area (TPSA) is 80.9 Å². The third-order valence-corrected chi connectivity index (χ3v) is 2.57. The molecule has 3 N–H and O–H groups in total. The zero-order valence-corrected chi connectivity index (χ0v) is 11.2. The highest BCUT2D eigenvalue weighted by atomic mass is 19.1. The van der Waals surface area contributed by atoms with Gasteiger partial charge in [0, 0.05) is 17.8 Å². The Kier molecular flexibility index (Phi) is 3.93. The molecular formula is C14H15FN4O. The number of anilines is 1. The fourth-order valence-electron chi connectivity index (χ4n) is 1.68. The number of halogens is 1. The van der Waals surface area contributed by atoms with Gasteiger partial charge in [-0.15, -0.1) is 0 Å². The Bertz CT molecular complexity index is 643. The summed E-state index contributed by atoms with van der Waals surface area (Å²) in [5, 5.41) is 2.71. The smallest absolute Gasteiger partial charge is 0.256 e. The molecule has 0 aliphatic rings. The molecule has 0 spiro atoms. The summed E-state index contributed by atoms with van der Waals surface area (Å²) in [4.78, 5) is 20.0. The van der Waals surface area contributed by atoms with E-state index < -0.39 is 0 Å². The number of hydrogen-bond acceptors (Lipinski definition) is 4. The predicted octanol–water partition coefficient (Wildman–Crippen LogP) is 2.00. The molecule has 1 heterocycles. The van der Waals surface area contributed by atoms with Crippen molar-refractivity contribution in [2.75, 3.05) is 5.73 Å². The molecule has 0 saturated heterocycles. The summed E-state index contributed by atoms with van der Waals surface area (Å²) in [6, 6.07) is 5.86. The summed E-state index contributed by atoms with van der Waals surface area (Å²) >= 11 is 0. The van der Waals surface area contributed by atoms with Gasteiger partial charge in [-0.1, -0.05) is 12.1 Å². The van der Waals surface area contributed by atoms with Gasteiger partial charge >= 0.3 is 0 Å². The van der Waals surface area contributed by atoms with Crippen molar-refractivity contribution >= 4 is 11.7 Å². The molecule has 0 aliphatic heterocycles. The van der Waals surface area contributed by atoms with Crippen molar-refractivity contribution in [3.05, 3.63) is 41.8 Å². The van der Waals surface area contributed by atoms with Gasteiger partial charge in [-0.05, 0) is 26.0 Å². The van der Waals surface area contributed by atoms with Gasteiger partial charge in [0.1, 0.15) is 11.6 Å². The van der Waals surface area contributed by atoms with Gasteiger partial charge in [-0.3, -0.25) is 4.79 Å². The largest absolute Gasteiger partial charge is 0.383 e. The molecule has 5 nitrogen and oxygen atoms in total. The fourth-order valence-corrected chi connectivity index (χ4v) is 1.68.